The SMILES string of the molecule is Cc1cc(C)nc(SCc2cc(=O)n(-c3nc4ccccc4s3)[nH]2)n1. The molecule has 0 saturated heterocycles. The average Bonchev–Trinajstić information content (AvgIpc) is 3.15. The van der Waals surface area contributed by atoms with Gasteiger partial charge in [0.1, 0.15) is 0 Å². The molecule has 4 rings (SSSR count). The zero-order valence-corrected chi connectivity index (χ0v) is 15.3. The summed E-state index contributed by atoms with van der Waals surface area (Å²) < 4.78 is 2.54. The molecule has 0 amide bonds. The fourth-order valence-corrected chi connectivity index (χ4v) is 4.30. The van der Waals surface area contributed by atoms with Crippen LogP contribution in [0.25, 0.3) is 15.3 Å². The van der Waals surface area contributed by atoms with Gasteiger partial charge in [0.05, 0.1) is 10.2 Å². The van der Waals surface area contributed by atoms with Crippen molar-refractivity contribution in [3.8, 4) is 5.13 Å². The predicted octanol–water partition coefficient (Wildman–Crippen LogP) is 3.47. The molecule has 3 aromatic heterocycles. The van der Waals surface area contributed by atoms with Crippen LogP contribution in [0.5, 0.6) is 0 Å². The van der Waals surface area contributed by atoms with Gasteiger partial charge in [0.25, 0.3) is 5.56 Å². The van der Waals surface area contributed by atoms with E-state index in [4.69, 9.17) is 0 Å². The van der Waals surface area contributed by atoms with Crippen LogP contribution in [0.1, 0.15) is 17.1 Å². The van der Waals surface area contributed by atoms with Gasteiger partial charge in [0, 0.05) is 28.9 Å². The Kier molecular flexibility index (Phi) is 4.14. The van der Waals surface area contributed by atoms with Crippen molar-refractivity contribution in [1.82, 2.24) is 24.7 Å². The highest BCUT2D eigenvalue weighted by molar-refractivity contribution is 7.98. The first-order valence-electron chi connectivity index (χ1n) is 7.70. The van der Waals surface area contributed by atoms with Gasteiger partial charge in [-0.2, -0.15) is 4.68 Å². The molecule has 6 nitrogen and oxygen atoms in total. The second kappa shape index (κ2) is 6.45. The van der Waals surface area contributed by atoms with Gasteiger partial charge >= 0.3 is 0 Å². The summed E-state index contributed by atoms with van der Waals surface area (Å²) in [6.45, 7) is 3.90. The molecule has 126 valence electrons. The van der Waals surface area contributed by atoms with Crippen molar-refractivity contribution in [2.24, 2.45) is 0 Å². The molecule has 0 aliphatic heterocycles. The van der Waals surface area contributed by atoms with Crippen LogP contribution in [-0.4, -0.2) is 24.7 Å². The average molecular weight is 369 g/mol. The van der Waals surface area contributed by atoms with Gasteiger partial charge in [0.2, 0.25) is 5.13 Å². The predicted molar refractivity (Wildman–Crippen MR) is 101 cm³/mol. The van der Waals surface area contributed by atoms with E-state index in [1.807, 2.05) is 44.2 Å². The number of nitrogens with one attached hydrogen (secondary N) is 1. The zero-order chi connectivity index (χ0) is 17.4. The van der Waals surface area contributed by atoms with E-state index < -0.39 is 0 Å². The van der Waals surface area contributed by atoms with Gasteiger partial charge in [-0.1, -0.05) is 35.2 Å². The van der Waals surface area contributed by atoms with E-state index in [0.29, 0.717) is 16.0 Å². The number of aryl methyl sites for hydroxylation is 2. The highest BCUT2D eigenvalue weighted by Crippen LogP contribution is 2.24. The largest absolute Gasteiger partial charge is 0.292 e. The van der Waals surface area contributed by atoms with Gasteiger partial charge in [-0.15, -0.1) is 0 Å². The first kappa shape index (κ1) is 16.0. The lowest BCUT2D eigenvalue weighted by Crippen LogP contribution is -2.12. The zero-order valence-electron chi connectivity index (χ0n) is 13.7. The number of hydrogen-bond donors (Lipinski definition) is 1. The van der Waals surface area contributed by atoms with Crippen molar-refractivity contribution in [2.75, 3.05) is 0 Å². The van der Waals surface area contributed by atoms with Crippen LogP contribution >= 0.6 is 23.1 Å². The molecule has 0 saturated carbocycles. The third-order valence-corrected chi connectivity index (χ3v) is 5.48. The highest BCUT2D eigenvalue weighted by Gasteiger charge is 2.11. The maximum Gasteiger partial charge on any atom is 0.273 e. The quantitative estimate of drug-likeness (QED) is 0.440. The number of H-pyrrole nitrogens is 1. The molecule has 0 aliphatic carbocycles. The minimum absolute atomic E-state index is 0.115. The minimum Gasteiger partial charge on any atom is -0.292 e. The summed E-state index contributed by atoms with van der Waals surface area (Å²) in [5.74, 6) is 0.593. The standard InChI is InChI=1S/C17H15N5OS2/c1-10-7-11(2)19-16(18-10)24-9-12-8-15(23)22(21-12)17-20-13-5-3-4-6-14(13)25-17/h3-8,21H,9H2,1-2H3. The smallest absolute Gasteiger partial charge is 0.273 e. The van der Waals surface area contributed by atoms with Gasteiger partial charge in [-0.25, -0.2) is 15.0 Å². The summed E-state index contributed by atoms with van der Waals surface area (Å²) in [6.07, 6.45) is 0. The van der Waals surface area contributed by atoms with Crippen LogP contribution in [-0.2, 0) is 5.75 Å². The number of fused-ring (bicyclic) bond motifs is 1. The highest BCUT2D eigenvalue weighted by atomic mass is 32.2. The topological polar surface area (TPSA) is 76.5 Å². The summed E-state index contributed by atoms with van der Waals surface area (Å²) in [5.41, 5.74) is 3.47. The number of aromatic nitrogens is 5. The normalized spacial score (nSPS) is 11.3. The molecule has 25 heavy (non-hydrogen) atoms. The molecule has 1 aromatic carbocycles. The summed E-state index contributed by atoms with van der Waals surface area (Å²) in [5, 5.41) is 4.49. The molecule has 0 fully saturated rings. The van der Waals surface area contributed by atoms with Gasteiger partial charge in [-0.3, -0.25) is 9.89 Å². The summed E-state index contributed by atoms with van der Waals surface area (Å²) in [6, 6.07) is 11.4. The number of thioether (sulfide) groups is 1. The van der Waals surface area contributed by atoms with E-state index in [9.17, 15) is 4.79 Å². The van der Waals surface area contributed by atoms with Gasteiger partial charge in [-0.05, 0) is 32.0 Å². The Bertz CT molecular complexity index is 1060. The van der Waals surface area contributed by atoms with Crippen molar-refractivity contribution in [3.05, 3.63) is 63.8 Å². The van der Waals surface area contributed by atoms with Crippen molar-refractivity contribution >= 4 is 33.3 Å². The molecule has 3 heterocycles. The third kappa shape index (κ3) is 3.35. The van der Waals surface area contributed by atoms with E-state index in [1.165, 1.54) is 27.8 Å². The lowest BCUT2D eigenvalue weighted by Gasteiger charge is -2.02. The second-order valence-electron chi connectivity index (χ2n) is 5.64. The third-order valence-electron chi connectivity index (χ3n) is 3.57. The molecule has 0 unspecified atom stereocenters. The first-order valence-corrected chi connectivity index (χ1v) is 9.51. The van der Waals surface area contributed by atoms with Crippen molar-refractivity contribution in [2.45, 2.75) is 24.8 Å². The lowest BCUT2D eigenvalue weighted by atomic mass is 10.3. The second-order valence-corrected chi connectivity index (χ2v) is 7.59. The number of aromatic amines is 1. The molecular formula is C17H15N5OS2. The Morgan fingerprint density at radius 2 is 1.88 bits per heavy atom. The number of hydrogen-bond acceptors (Lipinski definition) is 6. The van der Waals surface area contributed by atoms with E-state index in [0.717, 1.165) is 27.3 Å². The molecule has 1 N–H and O–H groups in total. The Labute approximate surface area is 152 Å². The van der Waals surface area contributed by atoms with E-state index in [-0.39, 0.29) is 5.56 Å². The Morgan fingerprint density at radius 3 is 2.64 bits per heavy atom. The van der Waals surface area contributed by atoms with E-state index in [1.54, 1.807) is 6.07 Å². The van der Waals surface area contributed by atoms with Crippen LogP contribution in [0, 0.1) is 13.8 Å². The monoisotopic (exact) mass is 369 g/mol. The van der Waals surface area contributed by atoms with Gasteiger partial charge in [0.15, 0.2) is 5.16 Å². The number of nitrogens with zero attached hydrogens (tertiary/aromatic N) is 4. The van der Waals surface area contributed by atoms with Crippen LogP contribution in [0.4, 0.5) is 0 Å². The van der Waals surface area contributed by atoms with Crippen molar-refractivity contribution in [1.29, 1.82) is 0 Å². The summed E-state index contributed by atoms with van der Waals surface area (Å²) in [7, 11) is 0. The molecule has 0 spiro atoms. The van der Waals surface area contributed by atoms with Gasteiger partial charge < -0.3 is 0 Å². The fourth-order valence-electron chi connectivity index (χ4n) is 2.52. The number of para-hydroxylation sites is 1. The van der Waals surface area contributed by atoms with Crippen molar-refractivity contribution < 1.29 is 0 Å². The minimum atomic E-state index is -0.115. The van der Waals surface area contributed by atoms with Crippen LogP contribution in [0.15, 0.2) is 46.3 Å². The van der Waals surface area contributed by atoms with E-state index in [2.05, 4.69) is 20.1 Å². The Balaban J connectivity index is 1.58. The lowest BCUT2D eigenvalue weighted by molar-refractivity contribution is 0.826. The molecule has 0 aliphatic rings. The molecule has 8 heteroatoms. The summed E-state index contributed by atoms with van der Waals surface area (Å²) >= 11 is 2.99. The number of benzene rings is 1. The number of thiazole rings is 1. The van der Waals surface area contributed by atoms with Crippen molar-refractivity contribution in [3.63, 3.8) is 0 Å². The number of rotatable bonds is 4. The maximum atomic E-state index is 12.3. The maximum absolute atomic E-state index is 12.3. The Morgan fingerprint density at radius 1 is 1.12 bits per heavy atom. The van der Waals surface area contributed by atoms with Crippen LogP contribution < -0.4 is 5.56 Å². The Hall–Kier alpha value is -2.45. The first-order chi connectivity index (χ1) is 12.1. The molecule has 4 aromatic rings. The van der Waals surface area contributed by atoms with E-state index >= 15 is 0 Å². The molecular weight excluding hydrogens is 354 g/mol. The van der Waals surface area contributed by atoms with Crippen LogP contribution in [0.2, 0.25) is 0 Å². The summed E-state index contributed by atoms with van der Waals surface area (Å²) in [4.78, 5) is 25.6. The molecule has 0 bridgehead atoms. The molecule has 0 atom stereocenters. The molecule has 0 radical (unpaired) electrons. The van der Waals surface area contributed by atoms with Crippen LogP contribution in [0.3, 0.4) is 0 Å². The fraction of sp³-hybridized carbons (Fsp3) is 0.176.